The van der Waals surface area contributed by atoms with Gasteiger partial charge in [0.05, 0.1) is 16.7 Å². The number of carbonyl (C=O) groups excluding carboxylic acids is 1. The van der Waals surface area contributed by atoms with E-state index in [0.29, 0.717) is 17.0 Å². The lowest BCUT2D eigenvalue weighted by atomic mass is 9.71. The van der Waals surface area contributed by atoms with Gasteiger partial charge in [-0.1, -0.05) is 33.6 Å². The number of nitrogens with zero attached hydrogens (tertiary/aromatic N) is 1. The summed E-state index contributed by atoms with van der Waals surface area (Å²) in [6.45, 7) is 8.93. The molecular formula is C23H38N4O. The van der Waals surface area contributed by atoms with E-state index in [1.807, 2.05) is 13.1 Å². The number of rotatable bonds is 7. The van der Waals surface area contributed by atoms with Gasteiger partial charge in [0.15, 0.2) is 6.29 Å². The van der Waals surface area contributed by atoms with Crippen molar-refractivity contribution >= 4 is 17.3 Å². The predicted molar refractivity (Wildman–Crippen MR) is 118 cm³/mol. The molecule has 0 aromatic carbocycles. The zero-order valence-electron chi connectivity index (χ0n) is 18.1. The summed E-state index contributed by atoms with van der Waals surface area (Å²) in [5.41, 5.74) is 10.7. The highest BCUT2D eigenvalue weighted by molar-refractivity contribution is 5.85. The fourth-order valence-electron chi connectivity index (χ4n) is 3.83. The first-order valence-corrected chi connectivity index (χ1v) is 10.7. The molecule has 2 aromatic heterocycles. The molecule has 2 heterocycles. The number of fused-ring (bicyclic) bond motifs is 2. The van der Waals surface area contributed by atoms with Gasteiger partial charge in [-0.15, -0.1) is 0 Å². The minimum absolute atomic E-state index is 0.344. The molecule has 5 heteroatoms. The van der Waals surface area contributed by atoms with Crippen LogP contribution in [-0.4, -0.2) is 36.4 Å². The number of H-pyrrole nitrogens is 1. The molecule has 156 valence electrons. The Labute approximate surface area is 169 Å². The van der Waals surface area contributed by atoms with Crippen molar-refractivity contribution in [2.45, 2.75) is 65.7 Å². The Hall–Kier alpha value is -1.72. The van der Waals surface area contributed by atoms with Crippen LogP contribution in [0.3, 0.4) is 0 Å². The Morgan fingerprint density at radius 2 is 2.00 bits per heavy atom. The van der Waals surface area contributed by atoms with Crippen LogP contribution in [0.15, 0.2) is 12.1 Å². The van der Waals surface area contributed by atoms with Gasteiger partial charge in [-0.05, 0) is 81.3 Å². The molecule has 1 atom stereocenters. The average Bonchev–Trinajstić information content (AvgIpc) is 3.07. The van der Waals surface area contributed by atoms with Gasteiger partial charge in [-0.2, -0.15) is 0 Å². The normalized spacial score (nSPS) is 16.4. The zero-order chi connectivity index (χ0) is 20.6. The van der Waals surface area contributed by atoms with Crippen LogP contribution in [0, 0.1) is 11.3 Å². The number of aldehydes is 1. The second-order valence-electron chi connectivity index (χ2n) is 8.98. The molecule has 4 N–H and O–H groups in total. The molecule has 0 amide bonds. The maximum atomic E-state index is 10.8. The molecule has 0 saturated carbocycles. The van der Waals surface area contributed by atoms with Crippen LogP contribution in [0.1, 0.15) is 74.6 Å². The number of pyridine rings is 1. The summed E-state index contributed by atoms with van der Waals surface area (Å²) in [7, 11) is 1.99. The summed E-state index contributed by atoms with van der Waals surface area (Å²) in [5, 5.41) is 3.11. The Morgan fingerprint density at radius 1 is 1.25 bits per heavy atom. The van der Waals surface area contributed by atoms with Crippen molar-refractivity contribution in [2.75, 3.05) is 20.1 Å². The number of carbonyl (C=O) groups is 1. The Balaban J connectivity index is 0.000000266. The van der Waals surface area contributed by atoms with E-state index < -0.39 is 0 Å². The lowest BCUT2D eigenvalue weighted by Gasteiger charge is -2.34. The number of nitrogens with two attached hydrogens (primary N) is 1. The van der Waals surface area contributed by atoms with Crippen LogP contribution < -0.4 is 11.1 Å². The van der Waals surface area contributed by atoms with Crippen LogP contribution in [0.25, 0.3) is 11.0 Å². The number of unbranched alkanes of at least 4 members (excludes halogenated alkanes) is 3. The van der Waals surface area contributed by atoms with Gasteiger partial charge < -0.3 is 16.0 Å². The molecule has 5 nitrogen and oxygen atoms in total. The monoisotopic (exact) mass is 386 g/mol. The third-order valence-corrected chi connectivity index (χ3v) is 5.72. The molecule has 3 rings (SSSR count). The Kier molecular flexibility index (Phi) is 8.64. The fraction of sp³-hybridized carbons (Fsp3) is 0.652. The van der Waals surface area contributed by atoms with Crippen molar-refractivity contribution in [3.05, 3.63) is 29.1 Å². The second-order valence-corrected chi connectivity index (χ2v) is 8.98. The van der Waals surface area contributed by atoms with Gasteiger partial charge in [-0.3, -0.25) is 9.78 Å². The number of hydrogen-bond acceptors (Lipinski definition) is 4. The van der Waals surface area contributed by atoms with E-state index in [9.17, 15) is 4.79 Å². The number of nitrogens with one attached hydrogen (secondary N) is 2. The maximum absolute atomic E-state index is 10.8. The summed E-state index contributed by atoms with van der Waals surface area (Å²) in [6, 6.07) is 4.01. The fourth-order valence-corrected chi connectivity index (χ4v) is 3.83. The summed E-state index contributed by atoms with van der Waals surface area (Å²) in [4.78, 5) is 18.7. The number of aromatic nitrogens is 2. The second kappa shape index (κ2) is 10.7. The number of aryl methyl sites for hydroxylation is 1. The summed E-state index contributed by atoms with van der Waals surface area (Å²) < 4.78 is 0. The molecule has 0 aliphatic heterocycles. The van der Waals surface area contributed by atoms with Crippen molar-refractivity contribution in [1.82, 2.24) is 15.3 Å². The SMILES string of the molecule is CC(C)(C)C1CCc2nc3cc(C=O)[nH]c3cc2C1.CNCCCCCCN. The lowest BCUT2D eigenvalue weighted by molar-refractivity contribution is 0.112. The molecule has 2 aromatic rings. The Morgan fingerprint density at radius 3 is 2.64 bits per heavy atom. The first kappa shape index (κ1) is 22.6. The van der Waals surface area contributed by atoms with E-state index in [-0.39, 0.29) is 0 Å². The highest BCUT2D eigenvalue weighted by Gasteiger charge is 2.29. The van der Waals surface area contributed by atoms with Gasteiger partial charge in [0, 0.05) is 5.69 Å². The van der Waals surface area contributed by atoms with Crippen molar-refractivity contribution in [2.24, 2.45) is 17.1 Å². The molecule has 0 spiro atoms. The van der Waals surface area contributed by atoms with Crippen molar-refractivity contribution < 1.29 is 4.79 Å². The van der Waals surface area contributed by atoms with Crippen LogP contribution in [0.5, 0.6) is 0 Å². The summed E-state index contributed by atoms with van der Waals surface area (Å²) >= 11 is 0. The standard InChI is InChI=1S/C16H20N2O.C7H18N2/c1-16(2,3)11-4-5-13-10(6-11)7-14-15(18-13)8-12(9-19)17-14;1-9-7-5-3-2-4-6-8/h7-9,11,17H,4-6H2,1-3H3;9H,2-8H2,1H3. The van der Waals surface area contributed by atoms with Crippen LogP contribution >= 0.6 is 0 Å². The van der Waals surface area contributed by atoms with E-state index in [0.717, 1.165) is 43.3 Å². The first-order chi connectivity index (χ1) is 13.4. The van der Waals surface area contributed by atoms with Crippen LogP contribution in [0.2, 0.25) is 0 Å². The minimum Gasteiger partial charge on any atom is -0.351 e. The predicted octanol–water partition coefficient (Wildman–Crippen LogP) is 4.25. The molecule has 28 heavy (non-hydrogen) atoms. The molecule has 0 radical (unpaired) electrons. The maximum Gasteiger partial charge on any atom is 0.166 e. The zero-order valence-corrected chi connectivity index (χ0v) is 18.1. The molecule has 1 aliphatic rings. The van der Waals surface area contributed by atoms with E-state index in [4.69, 9.17) is 10.7 Å². The third-order valence-electron chi connectivity index (χ3n) is 5.72. The average molecular weight is 387 g/mol. The molecule has 0 fully saturated rings. The first-order valence-electron chi connectivity index (χ1n) is 10.7. The number of hydrogen-bond donors (Lipinski definition) is 3. The topological polar surface area (TPSA) is 83.8 Å². The Bertz CT molecular complexity index is 739. The molecule has 0 saturated heterocycles. The van der Waals surface area contributed by atoms with Crippen molar-refractivity contribution in [3.8, 4) is 0 Å². The number of aromatic amines is 1. The van der Waals surface area contributed by atoms with Gasteiger partial charge in [0.25, 0.3) is 0 Å². The van der Waals surface area contributed by atoms with Gasteiger partial charge in [-0.25, -0.2) is 0 Å². The van der Waals surface area contributed by atoms with E-state index in [1.54, 1.807) is 0 Å². The lowest BCUT2D eigenvalue weighted by Crippen LogP contribution is -2.27. The van der Waals surface area contributed by atoms with E-state index in [1.165, 1.54) is 43.4 Å². The molecule has 1 aliphatic carbocycles. The summed E-state index contributed by atoms with van der Waals surface area (Å²) in [6.07, 6.45) is 9.28. The van der Waals surface area contributed by atoms with Crippen LogP contribution in [0.4, 0.5) is 0 Å². The molecular weight excluding hydrogens is 348 g/mol. The quantitative estimate of drug-likeness (QED) is 0.490. The van der Waals surface area contributed by atoms with E-state index >= 15 is 0 Å². The molecule has 0 bridgehead atoms. The summed E-state index contributed by atoms with van der Waals surface area (Å²) in [5.74, 6) is 0.708. The molecule has 1 unspecified atom stereocenters. The largest absolute Gasteiger partial charge is 0.351 e. The van der Waals surface area contributed by atoms with Crippen molar-refractivity contribution in [3.63, 3.8) is 0 Å². The highest BCUT2D eigenvalue weighted by Crippen LogP contribution is 2.37. The smallest absolute Gasteiger partial charge is 0.166 e. The third kappa shape index (κ3) is 6.42. The minimum atomic E-state index is 0.344. The van der Waals surface area contributed by atoms with Gasteiger partial charge in [0.2, 0.25) is 0 Å². The van der Waals surface area contributed by atoms with E-state index in [2.05, 4.69) is 37.1 Å². The van der Waals surface area contributed by atoms with Gasteiger partial charge in [0.1, 0.15) is 0 Å². The van der Waals surface area contributed by atoms with Crippen LogP contribution in [-0.2, 0) is 12.8 Å². The van der Waals surface area contributed by atoms with Gasteiger partial charge >= 0.3 is 0 Å². The highest BCUT2D eigenvalue weighted by atomic mass is 16.1. The van der Waals surface area contributed by atoms with Crippen molar-refractivity contribution in [1.29, 1.82) is 0 Å².